The number of rotatable bonds is 12. The van der Waals surface area contributed by atoms with Crippen molar-refractivity contribution >= 4 is 33.2 Å². The molecule has 3 aromatic rings. The number of carbonyl (C=O) groups excluding carboxylic acids is 2. The van der Waals surface area contributed by atoms with Gasteiger partial charge in [-0.05, 0) is 55.5 Å². The lowest BCUT2D eigenvalue weighted by atomic mass is 10.1. The molecule has 0 bridgehead atoms. The summed E-state index contributed by atoms with van der Waals surface area (Å²) in [5, 5.41) is 5.38. The van der Waals surface area contributed by atoms with Gasteiger partial charge in [0.2, 0.25) is 5.91 Å². The van der Waals surface area contributed by atoms with Crippen LogP contribution in [0.15, 0.2) is 83.8 Å². The van der Waals surface area contributed by atoms with Gasteiger partial charge in [-0.3, -0.25) is 13.9 Å². The Kier molecular flexibility index (Phi) is 9.43. The molecule has 0 saturated carbocycles. The van der Waals surface area contributed by atoms with E-state index in [1.165, 1.54) is 19.2 Å². The molecule has 0 unspecified atom stereocenters. The van der Waals surface area contributed by atoms with Crippen LogP contribution in [0.3, 0.4) is 0 Å². The van der Waals surface area contributed by atoms with Gasteiger partial charge in [0.1, 0.15) is 12.3 Å². The first kappa shape index (κ1) is 26.7. The summed E-state index contributed by atoms with van der Waals surface area (Å²) < 4.78 is 38.4. The van der Waals surface area contributed by atoms with Crippen LogP contribution < -0.4 is 19.7 Å². The maximum absolute atomic E-state index is 13.5. The first-order valence-electron chi connectivity index (χ1n) is 11.3. The Morgan fingerprint density at radius 3 is 2.25 bits per heavy atom. The second kappa shape index (κ2) is 12.7. The predicted molar refractivity (Wildman–Crippen MR) is 138 cm³/mol. The zero-order valence-corrected chi connectivity index (χ0v) is 21.0. The molecule has 2 N–H and O–H groups in total. The van der Waals surface area contributed by atoms with Gasteiger partial charge >= 0.3 is 0 Å². The average Bonchev–Trinajstić information content (AvgIpc) is 2.88. The fourth-order valence-corrected chi connectivity index (χ4v) is 4.80. The first-order valence-corrected chi connectivity index (χ1v) is 12.8. The van der Waals surface area contributed by atoms with Crippen molar-refractivity contribution in [2.45, 2.75) is 11.8 Å². The predicted octanol–water partition coefficient (Wildman–Crippen LogP) is 3.30. The van der Waals surface area contributed by atoms with E-state index < -0.39 is 22.5 Å². The van der Waals surface area contributed by atoms with Crippen molar-refractivity contribution in [1.29, 1.82) is 0 Å². The maximum Gasteiger partial charge on any atom is 0.264 e. The van der Waals surface area contributed by atoms with Gasteiger partial charge in [-0.25, -0.2) is 8.42 Å². The Hall–Kier alpha value is -3.89. The molecular formula is C26H29N3O6S. The summed E-state index contributed by atoms with van der Waals surface area (Å²) in [5.74, 6) is -0.448. The third-order valence-electron chi connectivity index (χ3n) is 5.09. The van der Waals surface area contributed by atoms with E-state index >= 15 is 0 Å². The number of nitrogens with one attached hydrogen (secondary N) is 2. The number of sulfonamides is 1. The molecule has 3 rings (SSSR count). The van der Waals surface area contributed by atoms with Gasteiger partial charge < -0.3 is 20.1 Å². The highest BCUT2D eigenvalue weighted by Gasteiger charge is 2.27. The van der Waals surface area contributed by atoms with E-state index in [0.717, 1.165) is 4.31 Å². The number of hydrogen-bond donors (Lipinski definition) is 2. The summed E-state index contributed by atoms with van der Waals surface area (Å²) in [7, 11) is -2.56. The van der Waals surface area contributed by atoms with Crippen molar-refractivity contribution in [2.24, 2.45) is 0 Å². The summed E-state index contributed by atoms with van der Waals surface area (Å²) in [6.07, 6.45) is 0. The van der Waals surface area contributed by atoms with E-state index in [-0.39, 0.29) is 22.1 Å². The summed E-state index contributed by atoms with van der Waals surface area (Å²) in [6.45, 7) is 2.44. The smallest absolute Gasteiger partial charge is 0.264 e. The van der Waals surface area contributed by atoms with Crippen LogP contribution in [0.4, 0.5) is 11.4 Å². The molecule has 10 heteroatoms. The van der Waals surface area contributed by atoms with E-state index in [9.17, 15) is 18.0 Å². The van der Waals surface area contributed by atoms with Gasteiger partial charge in [-0.2, -0.15) is 0 Å². The van der Waals surface area contributed by atoms with Gasteiger partial charge in [0.25, 0.3) is 15.9 Å². The number of hydrogen-bond acceptors (Lipinski definition) is 6. The standard InChI is InChI=1S/C26H29N3O6S/c1-3-35-21-13-15-22(16-14-21)36(32,33)29(20-9-5-4-6-10-20)19-25(30)28-24-12-8-7-11-23(24)26(31)27-17-18-34-2/h4-16H,3,17-19H2,1-2H3,(H,27,31)(H,28,30). The normalized spacial score (nSPS) is 10.9. The van der Waals surface area contributed by atoms with Gasteiger partial charge in [-0.15, -0.1) is 0 Å². The minimum Gasteiger partial charge on any atom is -0.494 e. The number of methoxy groups -OCH3 is 1. The van der Waals surface area contributed by atoms with Crippen molar-refractivity contribution in [3.63, 3.8) is 0 Å². The Labute approximate surface area is 211 Å². The number of amides is 2. The lowest BCUT2D eigenvalue weighted by Crippen LogP contribution is -2.38. The third kappa shape index (κ3) is 6.83. The quantitative estimate of drug-likeness (QED) is 0.361. The van der Waals surface area contributed by atoms with Gasteiger partial charge in [0.15, 0.2) is 0 Å². The lowest BCUT2D eigenvalue weighted by molar-refractivity contribution is -0.114. The maximum atomic E-state index is 13.5. The molecule has 0 heterocycles. The van der Waals surface area contributed by atoms with Crippen LogP contribution in [0, 0.1) is 0 Å². The minimum atomic E-state index is -4.09. The molecule has 9 nitrogen and oxygen atoms in total. The number of anilines is 2. The molecular weight excluding hydrogens is 482 g/mol. The zero-order chi connectivity index (χ0) is 26.0. The molecule has 0 aliphatic heterocycles. The van der Waals surface area contributed by atoms with Crippen LogP contribution in [-0.2, 0) is 19.6 Å². The molecule has 2 amide bonds. The molecule has 0 aromatic heterocycles. The van der Waals surface area contributed by atoms with Crippen molar-refractivity contribution < 1.29 is 27.5 Å². The molecule has 0 radical (unpaired) electrons. The second-order valence-electron chi connectivity index (χ2n) is 7.59. The number of para-hydroxylation sites is 2. The van der Waals surface area contributed by atoms with E-state index in [1.807, 2.05) is 6.92 Å². The van der Waals surface area contributed by atoms with Crippen LogP contribution in [-0.4, -0.2) is 53.6 Å². The van der Waals surface area contributed by atoms with Crippen LogP contribution in [0.1, 0.15) is 17.3 Å². The largest absolute Gasteiger partial charge is 0.494 e. The van der Waals surface area contributed by atoms with E-state index in [2.05, 4.69) is 10.6 Å². The summed E-state index contributed by atoms with van der Waals surface area (Å²) in [5.41, 5.74) is 0.846. The third-order valence-corrected chi connectivity index (χ3v) is 6.88. The molecule has 36 heavy (non-hydrogen) atoms. The highest BCUT2D eigenvalue weighted by Crippen LogP contribution is 2.25. The van der Waals surface area contributed by atoms with Crippen molar-refractivity contribution in [3.8, 4) is 5.75 Å². The van der Waals surface area contributed by atoms with Crippen molar-refractivity contribution in [2.75, 3.05) is 43.0 Å². The molecule has 0 atom stereocenters. The van der Waals surface area contributed by atoms with Crippen molar-refractivity contribution in [3.05, 3.63) is 84.4 Å². The molecule has 0 saturated heterocycles. The van der Waals surface area contributed by atoms with Crippen LogP contribution in [0.5, 0.6) is 5.75 Å². The summed E-state index contributed by atoms with van der Waals surface area (Å²) >= 11 is 0. The van der Waals surface area contributed by atoms with Crippen LogP contribution in [0.2, 0.25) is 0 Å². The summed E-state index contributed by atoms with van der Waals surface area (Å²) in [6, 6.07) is 20.9. The Bertz CT molecular complexity index is 1260. The van der Waals surface area contributed by atoms with E-state index in [0.29, 0.717) is 31.2 Å². The fourth-order valence-electron chi connectivity index (χ4n) is 3.38. The highest BCUT2D eigenvalue weighted by atomic mass is 32.2. The Morgan fingerprint density at radius 1 is 0.917 bits per heavy atom. The van der Waals surface area contributed by atoms with Gasteiger partial charge in [0.05, 0.1) is 35.0 Å². The fraction of sp³-hybridized carbons (Fsp3) is 0.231. The second-order valence-corrected chi connectivity index (χ2v) is 9.46. The first-order chi connectivity index (χ1) is 17.4. The number of benzene rings is 3. The minimum absolute atomic E-state index is 0.0144. The molecule has 3 aromatic carbocycles. The summed E-state index contributed by atoms with van der Waals surface area (Å²) in [4.78, 5) is 25.6. The number of carbonyl (C=O) groups is 2. The zero-order valence-electron chi connectivity index (χ0n) is 20.1. The highest BCUT2D eigenvalue weighted by molar-refractivity contribution is 7.92. The van der Waals surface area contributed by atoms with Crippen LogP contribution >= 0.6 is 0 Å². The molecule has 190 valence electrons. The van der Waals surface area contributed by atoms with E-state index in [4.69, 9.17) is 9.47 Å². The number of nitrogens with zero attached hydrogens (tertiary/aromatic N) is 1. The van der Waals surface area contributed by atoms with Crippen molar-refractivity contribution in [1.82, 2.24) is 5.32 Å². The monoisotopic (exact) mass is 511 g/mol. The topological polar surface area (TPSA) is 114 Å². The average molecular weight is 512 g/mol. The Balaban J connectivity index is 1.85. The molecule has 0 spiro atoms. The molecule has 0 aliphatic rings. The molecule has 0 fully saturated rings. The number of ether oxygens (including phenoxy) is 2. The lowest BCUT2D eigenvalue weighted by Gasteiger charge is -2.24. The van der Waals surface area contributed by atoms with Gasteiger partial charge in [-0.1, -0.05) is 30.3 Å². The Morgan fingerprint density at radius 2 is 1.58 bits per heavy atom. The van der Waals surface area contributed by atoms with Crippen LogP contribution in [0.25, 0.3) is 0 Å². The van der Waals surface area contributed by atoms with E-state index in [1.54, 1.807) is 66.7 Å². The molecule has 0 aliphatic carbocycles. The van der Waals surface area contributed by atoms with Gasteiger partial charge in [0, 0.05) is 13.7 Å². The SMILES string of the molecule is CCOc1ccc(S(=O)(=O)N(CC(=O)Nc2ccccc2C(=O)NCCOC)c2ccccc2)cc1.